The second-order valence-corrected chi connectivity index (χ2v) is 5.46. The molecule has 1 amide bonds. The van der Waals surface area contributed by atoms with Gasteiger partial charge in [-0.1, -0.05) is 0 Å². The number of ether oxygens (including phenoxy) is 1. The lowest BCUT2D eigenvalue weighted by molar-refractivity contribution is -0.138. The number of carbonyl (C=O) groups excluding carboxylic acids is 1. The van der Waals surface area contributed by atoms with Gasteiger partial charge in [0.2, 0.25) is 0 Å². The smallest absolute Gasteiger partial charge is 0.323 e. The molecule has 23 heavy (non-hydrogen) atoms. The maximum Gasteiger partial charge on any atom is 0.323 e. The summed E-state index contributed by atoms with van der Waals surface area (Å²) in [5.74, 6) is -2.01. The fourth-order valence-electron chi connectivity index (χ4n) is 2.77. The number of carboxylic acids is 1. The highest BCUT2D eigenvalue weighted by Gasteiger charge is 2.30. The van der Waals surface area contributed by atoms with Crippen molar-refractivity contribution in [1.82, 2.24) is 4.90 Å². The predicted octanol–water partition coefficient (Wildman–Crippen LogP) is 2.28. The summed E-state index contributed by atoms with van der Waals surface area (Å²) in [6, 6.07) is 5.18. The molecule has 1 aromatic carbocycles. The lowest BCUT2D eigenvalue weighted by Crippen LogP contribution is -2.45. The summed E-state index contributed by atoms with van der Waals surface area (Å²) >= 11 is 0. The molecule has 1 fully saturated rings. The number of halogens is 1. The van der Waals surface area contributed by atoms with Gasteiger partial charge in [-0.05, 0) is 37.1 Å². The second kappa shape index (κ2) is 6.37. The van der Waals surface area contributed by atoms with E-state index in [1.807, 2.05) is 0 Å². The fraction of sp³-hybridized carbons (Fsp3) is 0.375. The molecule has 2 aromatic rings. The van der Waals surface area contributed by atoms with Gasteiger partial charge >= 0.3 is 5.97 Å². The number of fused-ring (bicyclic) bond motifs is 1. The average Bonchev–Trinajstić information content (AvgIpc) is 2.95. The molecule has 1 aromatic heterocycles. The van der Waals surface area contributed by atoms with E-state index in [1.165, 1.54) is 29.2 Å². The Balaban J connectivity index is 1.89. The normalized spacial score (nSPS) is 15.7. The lowest BCUT2D eigenvalue weighted by atomic mass is 10.1. The Hall–Kier alpha value is -2.41. The monoisotopic (exact) mass is 321 g/mol. The van der Waals surface area contributed by atoms with Gasteiger partial charge in [0, 0.05) is 24.6 Å². The summed E-state index contributed by atoms with van der Waals surface area (Å²) in [4.78, 5) is 25.1. The van der Waals surface area contributed by atoms with Gasteiger partial charge in [-0.2, -0.15) is 0 Å². The minimum Gasteiger partial charge on any atom is -0.480 e. The van der Waals surface area contributed by atoms with Gasteiger partial charge in [-0.15, -0.1) is 0 Å². The van der Waals surface area contributed by atoms with Crippen LogP contribution in [0.5, 0.6) is 0 Å². The van der Waals surface area contributed by atoms with Crippen LogP contribution in [0.1, 0.15) is 23.4 Å². The number of furan rings is 1. The Morgan fingerprint density at radius 2 is 2.00 bits per heavy atom. The van der Waals surface area contributed by atoms with Crippen LogP contribution in [0.15, 0.2) is 28.7 Å². The Bertz CT molecular complexity index is 735. The van der Waals surface area contributed by atoms with Crippen molar-refractivity contribution < 1.29 is 28.2 Å². The van der Waals surface area contributed by atoms with E-state index >= 15 is 0 Å². The quantitative estimate of drug-likeness (QED) is 0.934. The number of rotatable bonds is 4. The number of carbonyl (C=O) groups is 2. The SMILES string of the molecule is O=C(O)CN(C(=O)c1cc2cc(F)ccc2o1)C1CCOCC1. The van der Waals surface area contributed by atoms with Crippen LogP contribution in [0.4, 0.5) is 4.39 Å². The number of aliphatic carboxylic acids is 1. The highest BCUT2D eigenvalue weighted by molar-refractivity contribution is 5.97. The van der Waals surface area contributed by atoms with E-state index in [1.54, 1.807) is 0 Å². The van der Waals surface area contributed by atoms with E-state index in [2.05, 4.69) is 0 Å². The van der Waals surface area contributed by atoms with E-state index in [0.29, 0.717) is 37.0 Å². The first kappa shape index (κ1) is 15.5. The number of hydrogen-bond acceptors (Lipinski definition) is 4. The third-order valence-electron chi connectivity index (χ3n) is 3.89. The highest BCUT2D eigenvalue weighted by atomic mass is 19.1. The number of benzene rings is 1. The first-order valence-corrected chi connectivity index (χ1v) is 7.34. The van der Waals surface area contributed by atoms with Crippen molar-refractivity contribution in [2.75, 3.05) is 19.8 Å². The van der Waals surface area contributed by atoms with Crippen molar-refractivity contribution in [2.24, 2.45) is 0 Å². The molecule has 122 valence electrons. The molecule has 0 atom stereocenters. The van der Waals surface area contributed by atoms with E-state index in [4.69, 9.17) is 14.3 Å². The molecule has 7 heteroatoms. The number of nitrogens with zero attached hydrogens (tertiary/aromatic N) is 1. The molecule has 0 aliphatic carbocycles. The van der Waals surface area contributed by atoms with Gasteiger partial charge in [0.1, 0.15) is 17.9 Å². The van der Waals surface area contributed by atoms with Crippen molar-refractivity contribution in [1.29, 1.82) is 0 Å². The Morgan fingerprint density at radius 1 is 1.26 bits per heavy atom. The van der Waals surface area contributed by atoms with E-state index in [9.17, 15) is 14.0 Å². The van der Waals surface area contributed by atoms with Crippen molar-refractivity contribution in [3.63, 3.8) is 0 Å². The van der Waals surface area contributed by atoms with Gasteiger partial charge < -0.3 is 19.2 Å². The molecule has 0 spiro atoms. The largest absolute Gasteiger partial charge is 0.480 e. The molecule has 6 nitrogen and oxygen atoms in total. The van der Waals surface area contributed by atoms with Gasteiger partial charge in [0.25, 0.3) is 5.91 Å². The molecule has 1 N–H and O–H groups in total. The first-order valence-electron chi connectivity index (χ1n) is 7.34. The van der Waals surface area contributed by atoms with E-state index in [0.717, 1.165) is 0 Å². The minimum absolute atomic E-state index is 0.0124. The van der Waals surface area contributed by atoms with Crippen molar-refractivity contribution >= 4 is 22.8 Å². The average molecular weight is 321 g/mol. The Morgan fingerprint density at radius 3 is 2.70 bits per heavy atom. The molecule has 0 unspecified atom stereocenters. The van der Waals surface area contributed by atoms with Crippen molar-refractivity contribution in [3.8, 4) is 0 Å². The topological polar surface area (TPSA) is 80.0 Å². The minimum atomic E-state index is -1.09. The van der Waals surface area contributed by atoms with Crippen molar-refractivity contribution in [2.45, 2.75) is 18.9 Å². The Labute approximate surface area is 131 Å². The van der Waals surface area contributed by atoms with Crippen LogP contribution in [-0.2, 0) is 9.53 Å². The maximum atomic E-state index is 13.2. The Kier molecular flexibility index (Phi) is 4.29. The van der Waals surface area contributed by atoms with Crippen LogP contribution in [0, 0.1) is 5.82 Å². The number of amides is 1. The third kappa shape index (κ3) is 3.34. The summed E-state index contributed by atoms with van der Waals surface area (Å²) in [5, 5.41) is 9.55. The lowest BCUT2D eigenvalue weighted by Gasteiger charge is -2.32. The maximum absolute atomic E-state index is 13.2. The molecule has 1 aliphatic heterocycles. The molecule has 1 aliphatic rings. The molecular formula is C16H16FNO5. The van der Waals surface area contributed by atoms with Crippen LogP contribution in [-0.4, -0.2) is 47.7 Å². The zero-order valence-corrected chi connectivity index (χ0v) is 12.3. The zero-order valence-electron chi connectivity index (χ0n) is 12.3. The molecule has 0 saturated carbocycles. The molecular weight excluding hydrogens is 305 g/mol. The summed E-state index contributed by atoms with van der Waals surface area (Å²) in [7, 11) is 0. The predicted molar refractivity (Wildman–Crippen MR) is 78.7 cm³/mol. The first-order chi connectivity index (χ1) is 11.0. The van der Waals surface area contributed by atoms with E-state index in [-0.39, 0.29) is 11.8 Å². The second-order valence-electron chi connectivity index (χ2n) is 5.46. The third-order valence-corrected chi connectivity index (χ3v) is 3.89. The van der Waals surface area contributed by atoms with Gasteiger partial charge in [0.15, 0.2) is 5.76 Å². The summed E-state index contributed by atoms with van der Waals surface area (Å²) in [6.07, 6.45) is 1.15. The molecule has 1 saturated heterocycles. The molecule has 0 radical (unpaired) electrons. The van der Waals surface area contributed by atoms with Crippen LogP contribution in [0.3, 0.4) is 0 Å². The van der Waals surface area contributed by atoms with Gasteiger partial charge in [-0.3, -0.25) is 9.59 Å². The van der Waals surface area contributed by atoms with Crippen LogP contribution < -0.4 is 0 Å². The van der Waals surface area contributed by atoms with Crippen LogP contribution >= 0.6 is 0 Å². The van der Waals surface area contributed by atoms with Gasteiger partial charge in [0.05, 0.1) is 0 Å². The summed E-state index contributed by atoms with van der Waals surface area (Å²) in [6.45, 7) is 0.563. The van der Waals surface area contributed by atoms with Gasteiger partial charge in [-0.25, -0.2) is 4.39 Å². The summed E-state index contributed by atoms with van der Waals surface area (Å²) in [5.41, 5.74) is 0.386. The molecule has 3 rings (SSSR count). The molecule has 2 heterocycles. The molecule has 0 bridgehead atoms. The number of hydrogen-bond donors (Lipinski definition) is 1. The van der Waals surface area contributed by atoms with Crippen molar-refractivity contribution in [3.05, 3.63) is 35.8 Å². The van der Waals surface area contributed by atoms with Crippen LogP contribution in [0.25, 0.3) is 11.0 Å². The highest BCUT2D eigenvalue weighted by Crippen LogP contribution is 2.23. The fourth-order valence-corrected chi connectivity index (χ4v) is 2.77. The number of carboxylic acid groups (broad SMARTS) is 1. The van der Waals surface area contributed by atoms with Crippen LogP contribution in [0.2, 0.25) is 0 Å². The standard InChI is InChI=1S/C16H16FNO5/c17-11-1-2-13-10(7-11)8-14(23-13)16(21)18(9-15(19)20)12-3-5-22-6-4-12/h1-2,7-8,12H,3-6,9H2,(H,19,20). The summed E-state index contributed by atoms with van der Waals surface area (Å²) < 4.78 is 23.9. The zero-order chi connectivity index (χ0) is 16.4. The van der Waals surface area contributed by atoms with E-state index < -0.39 is 24.2 Å².